The Morgan fingerprint density at radius 3 is 2.58 bits per heavy atom. The van der Waals surface area contributed by atoms with Gasteiger partial charge in [-0.2, -0.15) is 0 Å². The van der Waals surface area contributed by atoms with Crippen LogP contribution in [0.5, 0.6) is 28.9 Å². The van der Waals surface area contributed by atoms with E-state index in [1.807, 2.05) is 26.0 Å². The van der Waals surface area contributed by atoms with Gasteiger partial charge >= 0.3 is 6.03 Å². The lowest BCUT2D eigenvalue weighted by Crippen LogP contribution is -2.37. The van der Waals surface area contributed by atoms with Gasteiger partial charge < -0.3 is 34.3 Å². The zero-order chi connectivity index (χ0) is 31.2. The number of aromatic nitrogens is 2. The van der Waals surface area contributed by atoms with Crippen molar-refractivity contribution in [2.45, 2.75) is 26.3 Å². The van der Waals surface area contributed by atoms with E-state index < -0.39 is 0 Å². The molecule has 12 heteroatoms. The minimum Gasteiger partial charge on any atom is -0.489 e. The van der Waals surface area contributed by atoms with E-state index in [4.69, 9.17) is 23.7 Å². The molecule has 3 aromatic carbocycles. The smallest absolute Gasteiger partial charge is 0.319 e. The third-order valence-electron chi connectivity index (χ3n) is 7.70. The number of ether oxygens (including phenoxy) is 5. The summed E-state index contributed by atoms with van der Waals surface area (Å²) in [6, 6.07) is 12.5. The third-order valence-corrected chi connectivity index (χ3v) is 7.70. The maximum atomic E-state index is 13.2. The summed E-state index contributed by atoms with van der Waals surface area (Å²) in [6.45, 7) is 9.34. The van der Waals surface area contributed by atoms with Crippen LogP contribution in [0.25, 0.3) is 10.9 Å². The highest BCUT2D eigenvalue weighted by atomic mass is 19.1. The van der Waals surface area contributed by atoms with Crippen molar-refractivity contribution >= 4 is 22.6 Å². The fourth-order valence-corrected chi connectivity index (χ4v) is 5.30. The lowest BCUT2D eigenvalue weighted by molar-refractivity contribution is 0.0357. The lowest BCUT2D eigenvalue weighted by atomic mass is 10.1. The van der Waals surface area contributed by atoms with Crippen LogP contribution in [0.4, 0.5) is 14.9 Å². The molecule has 3 heterocycles. The number of morpholine rings is 1. The van der Waals surface area contributed by atoms with Gasteiger partial charge in [-0.1, -0.05) is 12.1 Å². The molecule has 11 nitrogen and oxygen atoms in total. The summed E-state index contributed by atoms with van der Waals surface area (Å²) >= 11 is 0. The molecule has 2 aliphatic rings. The number of fused-ring (bicyclic) bond motifs is 3. The Bertz CT molecular complexity index is 1650. The highest BCUT2D eigenvalue weighted by Gasteiger charge is 2.25. The molecule has 0 radical (unpaired) electrons. The molecule has 1 saturated heterocycles. The lowest BCUT2D eigenvalue weighted by Gasteiger charge is -2.26. The highest BCUT2D eigenvalue weighted by Crippen LogP contribution is 2.48. The first kappa shape index (κ1) is 30.4. The van der Waals surface area contributed by atoms with Crippen molar-refractivity contribution < 1.29 is 32.9 Å². The summed E-state index contributed by atoms with van der Waals surface area (Å²) in [7, 11) is 0. The van der Waals surface area contributed by atoms with E-state index in [2.05, 4.69) is 25.5 Å². The predicted octanol–water partition coefficient (Wildman–Crippen LogP) is 5.62. The number of hydrogen-bond donors (Lipinski definition) is 2. The molecule has 1 atom stereocenters. The molecule has 45 heavy (non-hydrogen) atoms. The largest absolute Gasteiger partial charge is 0.489 e. The van der Waals surface area contributed by atoms with Crippen LogP contribution in [-0.2, 0) is 4.74 Å². The van der Waals surface area contributed by atoms with Gasteiger partial charge in [0.05, 0.1) is 31.4 Å². The summed E-state index contributed by atoms with van der Waals surface area (Å²) in [6.07, 6.45) is 2.30. The molecule has 236 valence electrons. The minimum atomic E-state index is -0.381. The fourth-order valence-electron chi connectivity index (χ4n) is 5.30. The summed E-state index contributed by atoms with van der Waals surface area (Å²) < 4.78 is 43.1. The number of amides is 2. The zero-order valence-corrected chi connectivity index (χ0v) is 25.3. The van der Waals surface area contributed by atoms with E-state index in [9.17, 15) is 9.18 Å². The van der Waals surface area contributed by atoms with Crippen LogP contribution >= 0.6 is 0 Å². The molecule has 1 fully saturated rings. The summed E-state index contributed by atoms with van der Waals surface area (Å²) in [4.78, 5) is 23.9. The number of benzene rings is 3. The maximum absolute atomic E-state index is 13.2. The first-order valence-electron chi connectivity index (χ1n) is 15.1. The molecule has 0 spiro atoms. The van der Waals surface area contributed by atoms with E-state index in [1.165, 1.54) is 18.5 Å². The number of carbonyl (C=O) groups is 1. The van der Waals surface area contributed by atoms with Gasteiger partial charge in [-0.3, -0.25) is 4.90 Å². The summed E-state index contributed by atoms with van der Waals surface area (Å²) in [5.41, 5.74) is 2.80. The van der Waals surface area contributed by atoms with Crippen molar-refractivity contribution in [3.05, 3.63) is 71.8 Å². The number of nitrogens with zero attached hydrogens (tertiary/aromatic N) is 3. The topological polar surface area (TPSA) is 116 Å². The van der Waals surface area contributed by atoms with Crippen molar-refractivity contribution in [3.63, 3.8) is 0 Å². The van der Waals surface area contributed by atoms with Gasteiger partial charge in [0.2, 0.25) is 11.6 Å². The van der Waals surface area contributed by atoms with Gasteiger partial charge in [0.25, 0.3) is 0 Å². The molecule has 0 aliphatic carbocycles. The molecular formula is C33H36FN5O6. The SMILES string of the molecule is Cc1cc(Oc2ncnc3cc(OCCCN4CCOCC4)c4c(c23)OCCO4)ccc1NC(=O)NC(C)c1ccc(F)cc1. The fraction of sp³-hybridized carbons (Fsp3) is 0.364. The van der Waals surface area contributed by atoms with Crippen molar-refractivity contribution in [2.75, 3.05) is 58.0 Å². The molecule has 6 rings (SSSR count). The number of hydrogen-bond acceptors (Lipinski definition) is 9. The molecule has 2 N–H and O–H groups in total. The number of anilines is 1. The maximum Gasteiger partial charge on any atom is 0.319 e. The number of urea groups is 1. The third kappa shape index (κ3) is 7.35. The standard InChI is InChI=1S/C33H36FN5O6/c1-21-18-25(8-9-26(21)38-33(40)37-22(2)23-4-6-24(34)7-5-23)45-32-29-27(35-20-36-32)19-28(30-31(29)44-17-16-43-30)42-13-3-10-39-11-14-41-15-12-39/h4-9,18-20,22H,3,10-17H2,1-2H3,(H2,37,38,40). The van der Waals surface area contributed by atoms with Gasteiger partial charge in [-0.15, -0.1) is 0 Å². The Balaban J connectivity index is 1.14. The van der Waals surface area contributed by atoms with Gasteiger partial charge in [0.15, 0.2) is 11.5 Å². The monoisotopic (exact) mass is 617 g/mol. The van der Waals surface area contributed by atoms with E-state index in [0.717, 1.165) is 50.4 Å². The number of aryl methyl sites for hydroxylation is 1. The van der Waals surface area contributed by atoms with Gasteiger partial charge in [-0.05, 0) is 61.7 Å². The second kappa shape index (κ2) is 14.0. The Kier molecular flexibility index (Phi) is 9.41. The van der Waals surface area contributed by atoms with Crippen LogP contribution in [0.2, 0.25) is 0 Å². The van der Waals surface area contributed by atoms with Crippen molar-refractivity contribution in [2.24, 2.45) is 0 Å². The van der Waals surface area contributed by atoms with Gasteiger partial charge in [0, 0.05) is 31.4 Å². The van der Waals surface area contributed by atoms with Crippen molar-refractivity contribution in [1.29, 1.82) is 0 Å². The highest BCUT2D eigenvalue weighted by molar-refractivity contribution is 5.94. The summed E-state index contributed by atoms with van der Waals surface area (Å²) in [5, 5.41) is 6.32. The average molecular weight is 618 g/mol. The van der Waals surface area contributed by atoms with Crippen LogP contribution in [0.1, 0.15) is 30.5 Å². The van der Waals surface area contributed by atoms with Crippen molar-refractivity contribution in [3.8, 4) is 28.9 Å². The quantitative estimate of drug-likeness (QED) is 0.219. The first-order chi connectivity index (χ1) is 21.9. The van der Waals surface area contributed by atoms with Gasteiger partial charge in [-0.25, -0.2) is 19.2 Å². The average Bonchev–Trinajstić information content (AvgIpc) is 3.05. The number of carbonyl (C=O) groups excluding carboxylic acids is 1. The molecular weight excluding hydrogens is 581 g/mol. The zero-order valence-electron chi connectivity index (χ0n) is 25.3. The Morgan fingerprint density at radius 1 is 1.02 bits per heavy atom. The second-order valence-electron chi connectivity index (χ2n) is 10.9. The molecule has 2 aliphatic heterocycles. The molecule has 4 aromatic rings. The van der Waals surface area contributed by atoms with Crippen LogP contribution in [0.3, 0.4) is 0 Å². The molecule has 0 bridgehead atoms. The Morgan fingerprint density at radius 2 is 1.80 bits per heavy atom. The first-order valence-corrected chi connectivity index (χ1v) is 15.1. The van der Waals surface area contributed by atoms with Crippen LogP contribution in [0, 0.1) is 12.7 Å². The number of halogens is 1. The molecule has 2 amide bonds. The minimum absolute atomic E-state index is 0.308. The molecule has 0 saturated carbocycles. The van der Waals surface area contributed by atoms with Crippen LogP contribution in [0.15, 0.2) is 54.9 Å². The van der Waals surface area contributed by atoms with Crippen LogP contribution in [-0.4, -0.2) is 73.6 Å². The van der Waals surface area contributed by atoms with E-state index in [-0.39, 0.29) is 17.9 Å². The molecule has 1 unspecified atom stereocenters. The number of rotatable bonds is 10. The van der Waals surface area contributed by atoms with Gasteiger partial charge in [0.1, 0.15) is 36.5 Å². The summed E-state index contributed by atoms with van der Waals surface area (Å²) in [5.74, 6) is 2.07. The van der Waals surface area contributed by atoms with Crippen LogP contribution < -0.4 is 29.6 Å². The van der Waals surface area contributed by atoms with Crippen molar-refractivity contribution in [1.82, 2.24) is 20.2 Å². The normalized spacial score (nSPS) is 15.4. The molecule has 1 aromatic heterocycles. The Labute approximate surface area is 260 Å². The predicted molar refractivity (Wildman–Crippen MR) is 166 cm³/mol. The number of nitrogens with one attached hydrogen (secondary N) is 2. The van der Waals surface area contributed by atoms with E-state index in [0.29, 0.717) is 65.3 Å². The Hall–Kier alpha value is -4.68. The van der Waals surface area contributed by atoms with E-state index in [1.54, 1.807) is 24.3 Å². The van der Waals surface area contributed by atoms with E-state index >= 15 is 0 Å². The second-order valence-corrected chi connectivity index (χ2v) is 10.9.